The molecule has 7 heteroatoms. The highest BCUT2D eigenvalue weighted by Crippen LogP contribution is 2.30. The molecule has 1 fully saturated rings. The van der Waals surface area contributed by atoms with Gasteiger partial charge in [0.15, 0.2) is 0 Å². The van der Waals surface area contributed by atoms with E-state index in [0.717, 1.165) is 38.2 Å². The highest BCUT2D eigenvalue weighted by atomic mass is 35.5. The van der Waals surface area contributed by atoms with E-state index in [9.17, 15) is 18.0 Å². The molecule has 1 aromatic carbocycles. The first-order chi connectivity index (χ1) is 10.8. The van der Waals surface area contributed by atoms with Crippen LogP contribution < -0.4 is 5.32 Å². The SMILES string of the molecule is CNCC1CCN(C(=O)/C=C(/C)c2ccc(C(F)(F)F)cc2)C1.Cl. The largest absolute Gasteiger partial charge is 0.416 e. The molecule has 1 heterocycles. The van der Waals surface area contributed by atoms with Gasteiger partial charge in [0.05, 0.1) is 5.56 Å². The van der Waals surface area contributed by atoms with E-state index in [1.807, 2.05) is 7.05 Å². The second-order valence-electron chi connectivity index (χ2n) is 5.90. The van der Waals surface area contributed by atoms with Crippen molar-refractivity contribution in [3.8, 4) is 0 Å². The van der Waals surface area contributed by atoms with Gasteiger partial charge in [-0.2, -0.15) is 13.2 Å². The molecule has 1 N–H and O–H groups in total. The number of carbonyl (C=O) groups excluding carboxylic acids is 1. The first-order valence-electron chi connectivity index (χ1n) is 7.60. The van der Waals surface area contributed by atoms with Crippen LogP contribution in [0.15, 0.2) is 30.3 Å². The van der Waals surface area contributed by atoms with Crippen molar-refractivity contribution in [2.24, 2.45) is 5.92 Å². The van der Waals surface area contributed by atoms with Gasteiger partial charge in [0.25, 0.3) is 0 Å². The third kappa shape index (κ3) is 5.24. The van der Waals surface area contributed by atoms with Crippen molar-refractivity contribution in [3.63, 3.8) is 0 Å². The van der Waals surface area contributed by atoms with Gasteiger partial charge in [-0.25, -0.2) is 0 Å². The second kappa shape index (κ2) is 8.53. The van der Waals surface area contributed by atoms with Crippen LogP contribution in [0, 0.1) is 5.92 Å². The van der Waals surface area contributed by atoms with Gasteiger partial charge in [0, 0.05) is 19.2 Å². The topological polar surface area (TPSA) is 32.3 Å². The van der Waals surface area contributed by atoms with Gasteiger partial charge in [-0.05, 0) is 56.1 Å². The van der Waals surface area contributed by atoms with E-state index in [-0.39, 0.29) is 18.3 Å². The number of hydrogen-bond donors (Lipinski definition) is 1. The Bertz CT molecular complexity index is 584. The highest BCUT2D eigenvalue weighted by molar-refractivity contribution is 5.95. The number of nitrogens with one attached hydrogen (secondary N) is 1. The summed E-state index contributed by atoms with van der Waals surface area (Å²) in [5.74, 6) is 0.379. The van der Waals surface area contributed by atoms with Crippen molar-refractivity contribution in [2.75, 3.05) is 26.7 Å². The van der Waals surface area contributed by atoms with E-state index in [4.69, 9.17) is 0 Å². The molecule has 1 amide bonds. The van der Waals surface area contributed by atoms with E-state index in [0.29, 0.717) is 17.1 Å². The smallest absolute Gasteiger partial charge is 0.339 e. The molecule has 0 spiro atoms. The summed E-state index contributed by atoms with van der Waals surface area (Å²) in [4.78, 5) is 14.0. The first kappa shape index (κ1) is 20.5. The molecule has 134 valence electrons. The minimum atomic E-state index is -4.34. The van der Waals surface area contributed by atoms with Crippen molar-refractivity contribution in [2.45, 2.75) is 19.5 Å². The van der Waals surface area contributed by atoms with Crippen LogP contribution in [0.3, 0.4) is 0 Å². The second-order valence-corrected chi connectivity index (χ2v) is 5.90. The minimum Gasteiger partial charge on any atom is -0.339 e. The van der Waals surface area contributed by atoms with Crippen LogP contribution >= 0.6 is 12.4 Å². The standard InChI is InChI=1S/C17H21F3N2O.ClH/c1-12(14-3-5-15(6-4-14)17(18,19)20)9-16(23)22-8-7-13(11-22)10-21-2;/h3-6,9,13,21H,7-8,10-11H2,1-2H3;1H/b12-9-;. The molecule has 24 heavy (non-hydrogen) atoms. The van der Waals surface area contributed by atoms with Gasteiger partial charge in [-0.3, -0.25) is 4.79 Å². The molecule has 1 aliphatic heterocycles. The first-order valence-corrected chi connectivity index (χ1v) is 7.60. The Morgan fingerprint density at radius 2 is 1.96 bits per heavy atom. The Hall–Kier alpha value is -1.53. The fourth-order valence-electron chi connectivity index (χ4n) is 2.77. The molecule has 0 aromatic heterocycles. The van der Waals surface area contributed by atoms with Gasteiger partial charge < -0.3 is 10.2 Å². The number of allylic oxidation sites excluding steroid dienone is 1. The summed E-state index contributed by atoms with van der Waals surface area (Å²) < 4.78 is 37.7. The van der Waals surface area contributed by atoms with E-state index in [1.54, 1.807) is 11.8 Å². The number of nitrogens with zero attached hydrogens (tertiary/aromatic N) is 1. The van der Waals surface area contributed by atoms with Gasteiger partial charge >= 0.3 is 6.18 Å². The zero-order valence-electron chi connectivity index (χ0n) is 13.7. The zero-order valence-corrected chi connectivity index (χ0v) is 14.5. The fourth-order valence-corrected chi connectivity index (χ4v) is 2.77. The molecule has 2 rings (SSSR count). The van der Waals surface area contributed by atoms with Crippen LogP contribution in [-0.4, -0.2) is 37.5 Å². The number of likely N-dealkylation sites (tertiary alicyclic amines) is 1. The maximum absolute atomic E-state index is 12.6. The summed E-state index contributed by atoms with van der Waals surface area (Å²) in [7, 11) is 1.89. The van der Waals surface area contributed by atoms with Gasteiger partial charge in [0.2, 0.25) is 5.91 Å². The maximum Gasteiger partial charge on any atom is 0.416 e. The molecular weight excluding hydrogens is 341 g/mol. The third-order valence-corrected chi connectivity index (χ3v) is 4.10. The molecule has 0 saturated carbocycles. The number of hydrogen-bond acceptors (Lipinski definition) is 2. The van der Waals surface area contributed by atoms with Crippen LogP contribution in [0.5, 0.6) is 0 Å². The average Bonchev–Trinajstić information content (AvgIpc) is 2.95. The lowest BCUT2D eigenvalue weighted by molar-refractivity contribution is -0.137. The van der Waals surface area contributed by atoms with Crippen molar-refractivity contribution in [1.82, 2.24) is 10.2 Å². The minimum absolute atomic E-state index is 0. The average molecular weight is 363 g/mol. The number of alkyl halides is 3. The quantitative estimate of drug-likeness (QED) is 0.830. The summed E-state index contributed by atoms with van der Waals surface area (Å²) >= 11 is 0. The molecule has 3 nitrogen and oxygen atoms in total. The Kier molecular flexibility index (Phi) is 7.29. The Labute approximate surface area is 146 Å². The van der Waals surface area contributed by atoms with Crippen molar-refractivity contribution in [1.29, 1.82) is 0 Å². The molecular formula is C17H22ClF3N2O. The summed E-state index contributed by atoms with van der Waals surface area (Å²) in [6.45, 7) is 4.06. The number of halogens is 4. The highest BCUT2D eigenvalue weighted by Gasteiger charge is 2.30. The fraction of sp³-hybridized carbons (Fsp3) is 0.471. The Morgan fingerprint density at radius 1 is 1.33 bits per heavy atom. The van der Waals surface area contributed by atoms with Gasteiger partial charge in [0.1, 0.15) is 0 Å². The summed E-state index contributed by atoms with van der Waals surface area (Å²) in [6, 6.07) is 4.87. The lowest BCUT2D eigenvalue weighted by Crippen LogP contribution is -2.29. The zero-order chi connectivity index (χ0) is 17.0. The van der Waals surface area contributed by atoms with E-state index in [2.05, 4.69) is 5.32 Å². The van der Waals surface area contributed by atoms with Crippen LogP contribution in [0.1, 0.15) is 24.5 Å². The Balaban J connectivity index is 0.00000288. The van der Waals surface area contributed by atoms with E-state index >= 15 is 0 Å². The predicted octanol–water partition coefficient (Wildman–Crippen LogP) is 3.60. The van der Waals surface area contributed by atoms with Crippen LogP contribution in [-0.2, 0) is 11.0 Å². The van der Waals surface area contributed by atoms with Gasteiger partial charge in [-0.1, -0.05) is 12.1 Å². The summed E-state index contributed by atoms with van der Waals surface area (Å²) in [5, 5.41) is 3.11. The number of rotatable bonds is 4. The normalized spacial score (nSPS) is 18.5. The van der Waals surface area contributed by atoms with E-state index < -0.39 is 11.7 Å². The van der Waals surface area contributed by atoms with Crippen molar-refractivity contribution >= 4 is 23.9 Å². The van der Waals surface area contributed by atoms with Crippen molar-refractivity contribution in [3.05, 3.63) is 41.5 Å². The maximum atomic E-state index is 12.6. The molecule has 0 bridgehead atoms. The van der Waals surface area contributed by atoms with Gasteiger partial charge in [-0.15, -0.1) is 12.4 Å². The van der Waals surface area contributed by atoms with Crippen molar-refractivity contribution < 1.29 is 18.0 Å². The molecule has 0 radical (unpaired) electrons. The molecule has 1 aromatic rings. The number of benzene rings is 1. The summed E-state index contributed by atoms with van der Waals surface area (Å²) in [5.41, 5.74) is 0.605. The van der Waals surface area contributed by atoms with Crippen LogP contribution in [0.2, 0.25) is 0 Å². The molecule has 1 aliphatic rings. The monoisotopic (exact) mass is 362 g/mol. The summed E-state index contributed by atoms with van der Waals surface area (Å²) in [6.07, 6.45) is -1.87. The Morgan fingerprint density at radius 3 is 2.50 bits per heavy atom. The molecule has 1 unspecified atom stereocenters. The number of carbonyl (C=O) groups is 1. The molecule has 0 aliphatic carbocycles. The third-order valence-electron chi connectivity index (χ3n) is 4.10. The predicted molar refractivity (Wildman–Crippen MR) is 91.0 cm³/mol. The van der Waals surface area contributed by atoms with Crippen LogP contribution in [0.25, 0.3) is 5.57 Å². The molecule has 1 saturated heterocycles. The lowest BCUT2D eigenvalue weighted by atomic mass is 10.0. The van der Waals surface area contributed by atoms with Crippen LogP contribution in [0.4, 0.5) is 13.2 Å². The lowest BCUT2D eigenvalue weighted by Gasteiger charge is -2.15. The molecule has 1 atom stereocenters. The number of amides is 1. The van der Waals surface area contributed by atoms with E-state index in [1.165, 1.54) is 18.2 Å².